The Morgan fingerprint density at radius 3 is 2.57 bits per heavy atom. The molecule has 44 heavy (non-hydrogen) atoms. The second kappa shape index (κ2) is 13.9. The molecule has 1 N–H and O–H groups in total. The third kappa shape index (κ3) is 7.55. The highest BCUT2D eigenvalue weighted by atomic mass is 35.5. The van der Waals surface area contributed by atoms with Crippen LogP contribution in [0.4, 0.5) is 8.78 Å². The lowest BCUT2D eigenvalue weighted by atomic mass is 10.0. The van der Waals surface area contributed by atoms with Crippen molar-refractivity contribution in [2.45, 2.75) is 42.2 Å². The highest BCUT2D eigenvalue weighted by Gasteiger charge is 2.42. The van der Waals surface area contributed by atoms with Crippen molar-refractivity contribution < 1.29 is 41.2 Å². The van der Waals surface area contributed by atoms with Crippen molar-refractivity contribution in [1.29, 1.82) is 5.26 Å². The molecule has 1 saturated heterocycles. The molecule has 2 atom stereocenters. The number of aromatic amines is 1. The standard InChI is InChI=1S/C29H25Cl2F2N3O6S2/c30-22-14-35-15-23(31)21(22)12-25(19-6-7-24(42-29(32)33)26(11-19)40-16-17-4-5-17)41-28(37)27-36(8-9-43-27)44(38,39)20-3-1-2-18(10-20)13-34/h1-3,6-7,10-11,14-15,17,25,27,29H,4-5,8-9,12,16H2/p+1/t25-,27-/m0/s1. The molecule has 2 aromatic carbocycles. The lowest BCUT2D eigenvalue weighted by Gasteiger charge is -2.26. The van der Waals surface area contributed by atoms with Crippen LogP contribution in [0.2, 0.25) is 10.0 Å². The molecule has 0 spiro atoms. The minimum absolute atomic E-state index is 0.0243. The van der Waals surface area contributed by atoms with Crippen LogP contribution < -0.4 is 14.5 Å². The summed E-state index contributed by atoms with van der Waals surface area (Å²) in [5.41, 5.74) is 0.963. The van der Waals surface area contributed by atoms with Crippen molar-refractivity contribution >= 4 is 51.0 Å². The molecule has 3 aromatic rings. The van der Waals surface area contributed by atoms with Crippen LogP contribution in [0.15, 0.2) is 59.8 Å². The number of benzene rings is 2. The summed E-state index contributed by atoms with van der Waals surface area (Å²) in [6.45, 7) is -2.74. The van der Waals surface area contributed by atoms with Crippen molar-refractivity contribution in [1.82, 2.24) is 4.31 Å². The van der Waals surface area contributed by atoms with E-state index in [1.165, 1.54) is 54.9 Å². The molecule has 1 saturated carbocycles. The second-order valence-electron chi connectivity index (χ2n) is 10.1. The van der Waals surface area contributed by atoms with E-state index in [0.29, 0.717) is 29.4 Å². The molecular formula is C29H26Cl2F2N3O6S2+. The normalized spacial score (nSPS) is 17.7. The molecule has 2 fully saturated rings. The number of alkyl halides is 2. The van der Waals surface area contributed by atoms with Crippen molar-refractivity contribution in [3.63, 3.8) is 0 Å². The lowest BCUT2D eigenvalue weighted by molar-refractivity contribution is -0.377. The van der Waals surface area contributed by atoms with Gasteiger partial charge in [0.1, 0.15) is 16.1 Å². The molecular weight excluding hydrogens is 659 g/mol. The van der Waals surface area contributed by atoms with Gasteiger partial charge in [-0.1, -0.05) is 35.3 Å². The molecule has 0 bridgehead atoms. The molecule has 15 heteroatoms. The zero-order valence-corrected chi connectivity index (χ0v) is 26.1. The van der Waals surface area contributed by atoms with Crippen LogP contribution in [0.1, 0.15) is 35.6 Å². The number of aromatic nitrogens is 1. The zero-order chi connectivity index (χ0) is 31.4. The summed E-state index contributed by atoms with van der Waals surface area (Å²) < 4.78 is 70.8. The van der Waals surface area contributed by atoms with E-state index in [-0.39, 0.29) is 45.0 Å². The molecule has 2 aliphatic rings. The SMILES string of the molecule is N#Cc1cccc(S(=O)(=O)N2CCS[C@H]2C(=O)O[C@@H](Cc2c(Cl)c[nH+]cc2Cl)c2ccc(OC(F)F)c(OCC3CC3)c2)c1. The average Bonchev–Trinajstić information content (AvgIpc) is 3.69. The van der Waals surface area contributed by atoms with Gasteiger partial charge in [-0.15, -0.1) is 11.8 Å². The van der Waals surface area contributed by atoms with Gasteiger partial charge >= 0.3 is 12.6 Å². The number of nitriles is 1. The van der Waals surface area contributed by atoms with E-state index >= 15 is 0 Å². The Labute approximate surface area is 267 Å². The fraction of sp³-hybridized carbons (Fsp3) is 0.345. The molecule has 9 nitrogen and oxygen atoms in total. The van der Waals surface area contributed by atoms with Gasteiger partial charge in [0.15, 0.2) is 29.3 Å². The number of carbonyl (C=O) groups is 1. The van der Waals surface area contributed by atoms with Gasteiger partial charge in [0.25, 0.3) is 0 Å². The number of sulfonamides is 1. The van der Waals surface area contributed by atoms with Gasteiger partial charge in [-0.25, -0.2) is 18.2 Å². The van der Waals surface area contributed by atoms with Gasteiger partial charge in [0, 0.05) is 24.3 Å². The van der Waals surface area contributed by atoms with E-state index in [2.05, 4.69) is 9.72 Å². The lowest BCUT2D eigenvalue weighted by Crippen LogP contribution is -2.40. The van der Waals surface area contributed by atoms with Gasteiger partial charge in [0.2, 0.25) is 10.0 Å². The summed E-state index contributed by atoms with van der Waals surface area (Å²) in [5, 5.41) is 8.53. The number of ether oxygens (including phenoxy) is 3. The molecule has 0 radical (unpaired) electrons. The second-order valence-corrected chi connectivity index (χ2v) is 14.0. The summed E-state index contributed by atoms with van der Waals surface area (Å²) in [4.78, 5) is 16.4. The number of halogens is 4. The topological polar surface area (TPSA) is 120 Å². The van der Waals surface area contributed by atoms with Gasteiger partial charge in [0.05, 0.1) is 23.1 Å². The van der Waals surface area contributed by atoms with Gasteiger partial charge in [-0.2, -0.15) is 18.3 Å². The Balaban J connectivity index is 1.46. The van der Waals surface area contributed by atoms with Crippen LogP contribution in [0.5, 0.6) is 11.5 Å². The summed E-state index contributed by atoms with van der Waals surface area (Å²) in [6, 6.07) is 11.7. The van der Waals surface area contributed by atoms with E-state index in [1.807, 2.05) is 6.07 Å². The Kier molecular flexibility index (Phi) is 10.2. The molecule has 0 unspecified atom stereocenters. The summed E-state index contributed by atoms with van der Waals surface area (Å²) in [5.74, 6) is -0.340. The molecule has 1 aliphatic heterocycles. The van der Waals surface area contributed by atoms with Crippen molar-refractivity contribution in [3.05, 3.63) is 81.6 Å². The number of hydrogen-bond donors (Lipinski definition) is 0. The van der Waals surface area contributed by atoms with Crippen molar-refractivity contribution in [2.24, 2.45) is 5.92 Å². The van der Waals surface area contributed by atoms with E-state index in [0.717, 1.165) is 28.9 Å². The van der Waals surface area contributed by atoms with Crippen LogP contribution in [0.25, 0.3) is 0 Å². The third-order valence-corrected chi connectivity index (χ3v) is 10.8. The number of pyridine rings is 1. The van der Waals surface area contributed by atoms with Crippen LogP contribution in [0, 0.1) is 17.2 Å². The van der Waals surface area contributed by atoms with E-state index in [1.54, 1.807) is 0 Å². The Bertz CT molecular complexity index is 1670. The van der Waals surface area contributed by atoms with E-state index in [4.69, 9.17) is 32.7 Å². The zero-order valence-electron chi connectivity index (χ0n) is 22.9. The highest BCUT2D eigenvalue weighted by molar-refractivity contribution is 8.02. The first kappa shape index (κ1) is 32.2. The monoisotopic (exact) mass is 684 g/mol. The van der Waals surface area contributed by atoms with Crippen molar-refractivity contribution in [3.8, 4) is 17.6 Å². The van der Waals surface area contributed by atoms with E-state index in [9.17, 15) is 27.3 Å². The fourth-order valence-electron chi connectivity index (χ4n) is 4.55. The van der Waals surface area contributed by atoms with Gasteiger partial charge in [-0.05, 0) is 54.7 Å². The van der Waals surface area contributed by atoms with Gasteiger partial charge in [-0.3, -0.25) is 0 Å². The summed E-state index contributed by atoms with van der Waals surface area (Å²) in [6.07, 6.45) is 3.84. The van der Waals surface area contributed by atoms with Crippen LogP contribution in [0.3, 0.4) is 0 Å². The molecule has 5 rings (SSSR count). The maximum atomic E-state index is 13.7. The quantitative estimate of drug-likeness (QED) is 0.224. The third-order valence-electron chi connectivity index (χ3n) is 6.99. The number of thioether (sulfide) groups is 1. The Morgan fingerprint density at radius 1 is 1.14 bits per heavy atom. The predicted octanol–water partition coefficient (Wildman–Crippen LogP) is 5.66. The number of H-pyrrole nitrogens is 1. The minimum atomic E-state index is -4.17. The number of hydrogen-bond acceptors (Lipinski definition) is 8. The summed E-state index contributed by atoms with van der Waals surface area (Å²) in [7, 11) is -4.17. The van der Waals surface area contributed by atoms with Crippen LogP contribution >= 0.6 is 35.0 Å². The van der Waals surface area contributed by atoms with Crippen molar-refractivity contribution in [2.75, 3.05) is 18.9 Å². The Hall–Kier alpha value is -3.15. The first-order chi connectivity index (χ1) is 21.1. The number of rotatable bonds is 12. The Morgan fingerprint density at radius 2 is 1.89 bits per heavy atom. The van der Waals surface area contributed by atoms with Crippen LogP contribution in [-0.4, -0.2) is 49.6 Å². The molecule has 232 valence electrons. The average molecular weight is 686 g/mol. The maximum absolute atomic E-state index is 13.7. The smallest absolute Gasteiger partial charge is 0.387 e. The largest absolute Gasteiger partial charge is 0.489 e. The number of esters is 1. The molecule has 1 aliphatic carbocycles. The summed E-state index contributed by atoms with van der Waals surface area (Å²) >= 11 is 13.9. The first-order valence-corrected chi connectivity index (χ1v) is 16.7. The first-order valence-electron chi connectivity index (χ1n) is 13.5. The maximum Gasteiger partial charge on any atom is 0.387 e. The van der Waals surface area contributed by atoms with Gasteiger partial charge < -0.3 is 14.2 Å². The predicted molar refractivity (Wildman–Crippen MR) is 158 cm³/mol. The van der Waals surface area contributed by atoms with Crippen LogP contribution in [-0.2, 0) is 26.0 Å². The number of nitrogens with zero attached hydrogens (tertiary/aromatic N) is 2. The molecule has 2 heterocycles. The van der Waals surface area contributed by atoms with E-state index < -0.39 is 34.1 Å². The minimum Gasteiger partial charge on any atom is -0.489 e. The number of carbonyl (C=O) groups excluding carboxylic acids is 1. The highest BCUT2D eigenvalue weighted by Crippen LogP contribution is 2.39. The molecule has 1 aromatic heterocycles. The molecule has 0 amide bonds. The fourth-order valence-corrected chi connectivity index (χ4v) is 8.18. The number of nitrogens with one attached hydrogen (secondary N) is 1.